The molecule has 1 aromatic carbocycles. The fourth-order valence-electron chi connectivity index (χ4n) is 1.97. The highest BCUT2D eigenvalue weighted by Gasteiger charge is 2.20. The van der Waals surface area contributed by atoms with E-state index < -0.39 is 6.04 Å². The van der Waals surface area contributed by atoms with E-state index >= 15 is 0 Å². The summed E-state index contributed by atoms with van der Waals surface area (Å²) >= 11 is 1.46. The predicted molar refractivity (Wildman–Crippen MR) is 67.2 cm³/mol. The van der Waals surface area contributed by atoms with Gasteiger partial charge in [0.05, 0.1) is 17.2 Å². The van der Waals surface area contributed by atoms with E-state index in [0.717, 1.165) is 16.8 Å². The van der Waals surface area contributed by atoms with Crippen LogP contribution in [0.3, 0.4) is 0 Å². The van der Waals surface area contributed by atoms with Crippen LogP contribution < -0.4 is 11.3 Å². The van der Waals surface area contributed by atoms with Crippen LogP contribution in [0.4, 0.5) is 4.39 Å². The number of halogens is 1. The van der Waals surface area contributed by atoms with E-state index in [1.54, 1.807) is 5.51 Å². The van der Waals surface area contributed by atoms with E-state index in [1.807, 2.05) is 25.3 Å². The molecule has 17 heavy (non-hydrogen) atoms. The molecule has 0 saturated heterocycles. The summed E-state index contributed by atoms with van der Waals surface area (Å²) in [5.74, 6) is 5.27. The summed E-state index contributed by atoms with van der Waals surface area (Å²) in [7, 11) is 0. The average molecular weight is 251 g/mol. The van der Waals surface area contributed by atoms with Crippen LogP contribution in [0.2, 0.25) is 0 Å². The smallest absolute Gasteiger partial charge is 0.128 e. The van der Waals surface area contributed by atoms with Crippen molar-refractivity contribution in [1.82, 2.24) is 10.4 Å². The predicted octanol–water partition coefficient (Wildman–Crippen LogP) is 2.45. The largest absolute Gasteiger partial charge is 0.271 e. The zero-order valence-electron chi connectivity index (χ0n) is 9.70. The van der Waals surface area contributed by atoms with Crippen LogP contribution in [0.5, 0.6) is 0 Å². The first kappa shape index (κ1) is 12.2. The topological polar surface area (TPSA) is 50.9 Å². The Morgan fingerprint density at radius 3 is 2.71 bits per heavy atom. The van der Waals surface area contributed by atoms with Crippen molar-refractivity contribution in [3.8, 4) is 0 Å². The minimum Gasteiger partial charge on any atom is -0.271 e. The summed E-state index contributed by atoms with van der Waals surface area (Å²) < 4.78 is 14.0. The maximum absolute atomic E-state index is 14.0. The minimum absolute atomic E-state index is 0.251. The van der Waals surface area contributed by atoms with Crippen molar-refractivity contribution in [3.05, 3.63) is 51.2 Å². The monoisotopic (exact) mass is 251 g/mol. The van der Waals surface area contributed by atoms with Gasteiger partial charge in [-0.05, 0) is 31.0 Å². The van der Waals surface area contributed by atoms with Crippen LogP contribution in [0.15, 0.2) is 23.0 Å². The van der Waals surface area contributed by atoms with E-state index in [0.29, 0.717) is 5.56 Å². The van der Waals surface area contributed by atoms with E-state index in [2.05, 4.69) is 10.4 Å². The molecule has 1 aromatic heterocycles. The van der Waals surface area contributed by atoms with Crippen molar-refractivity contribution in [3.63, 3.8) is 0 Å². The van der Waals surface area contributed by atoms with Gasteiger partial charge in [-0.3, -0.25) is 5.84 Å². The number of hydrogen-bond acceptors (Lipinski definition) is 4. The molecule has 2 rings (SSSR count). The van der Waals surface area contributed by atoms with Gasteiger partial charge in [-0.25, -0.2) is 14.8 Å². The fourth-order valence-corrected chi connectivity index (χ4v) is 2.55. The van der Waals surface area contributed by atoms with Gasteiger partial charge < -0.3 is 0 Å². The molecular weight excluding hydrogens is 237 g/mol. The molecule has 0 aliphatic heterocycles. The average Bonchev–Trinajstić information content (AvgIpc) is 2.76. The lowest BCUT2D eigenvalue weighted by molar-refractivity contribution is 0.550. The van der Waals surface area contributed by atoms with Crippen molar-refractivity contribution in [2.45, 2.75) is 19.9 Å². The van der Waals surface area contributed by atoms with E-state index in [1.165, 1.54) is 17.4 Å². The summed E-state index contributed by atoms with van der Waals surface area (Å²) in [5, 5.41) is 1.86. The van der Waals surface area contributed by atoms with Crippen LogP contribution in [0.1, 0.15) is 28.4 Å². The highest BCUT2D eigenvalue weighted by atomic mass is 32.1. The Balaban J connectivity index is 2.52. The highest BCUT2D eigenvalue weighted by Crippen LogP contribution is 2.27. The molecule has 5 heteroatoms. The number of nitrogens with zero attached hydrogens (tertiary/aromatic N) is 1. The molecule has 90 valence electrons. The highest BCUT2D eigenvalue weighted by molar-refractivity contribution is 7.07. The Labute approximate surface area is 103 Å². The number of benzene rings is 1. The van der Waals surface area contributed by atoms with Crippen molar-refractivity contribution < 1.29 is 4.39 Å². The number of aryl methyl sites for hydroxylation is 2. The number of aromatic nitrogens is 1. The molecule has 0 spiro atoms. The normalized spacial score (nSPS) is 12.7. The van der Waals surface area contributed by atoms with Gasteiger partial charge in [0.1, 0.15) is 5.82 Å². The van der Waals surface area contributed by atoms with Crippen molar-refractivity contribution in [1.29, 1.82) is 0 Å². The molecule has 1 atom stereocenters. The van der Waals surface area contributed by atoms with Crippen molar-refractivity contribution in [2.24, 2.45) is 5.84 Å². The lowest BCUT2D eigenvalue weighted by Gasteiger charge is -2.18. The molecule has 0 aliphatic carbocycles. The first-order valence-corrected chi connectivity index (χ1v) is 6.18. The maximum atomic E-state index is 14.0. The van der Waals surface area contributed by atoms with Gasteiger partial charge in [0.2, 0.25) is 0 Å². The quantitative estimate of drug-likeness (QED) is 0.651. The second kappa shape index (κ2) is 4.91. The van der Waals surface area contributed by atoms with Gasteiger partial charge in [0.15, 0.2) is 0 Å². The molecule has 0 radical (unpaired) electrons. The second-order valence-electron chi connectivity index (χ2n) is 3.99. The van der Waals surface area contributed by atoms with Gasteiger partial charge in [0, 0.05) is 10.9 Å². The number of hydrazine groups is 1. The number of nitrogens with two attached hydrogens (primary N) is 1. The van der Waals surface area contributed by atoms with Gasteiger partial charge in [-0.15, -0.1) is 11.3 Å². The van der Waals surface area contributed by atoms with Crippen molar-refractivity contribution >= 4 is 11.3 Å². The first-order chi connectivity index (χ1) is 8.13. The summed E-state index contributed by atoms with van der Waals surface area (Å²) in [4.78, 5) is 4.18. The number of thiazole rings is 1. The van der Waals surface area contributed by atoms with Gasteiger partial charge >= 0.3 is 0 Å². The Hall–Kier alpha value is -1.30. The Morgan fingerprint density at radius 2 is 2.18 bits per heavy atom. The van der Waals surface area contributed by atoms with Gasteiger partial charge in [0.25, 0.3) is 0 Å². The minimum atomic E-state index is -0.401. The Kier molecular flexibility index (Phi) is 3.51. The molecule has 0 fully saturated rings. The van der Waals surface area contributed by atoms with E-state index in [9.17, 15) is 4.39 Å². The summed E-state index contributed by atoms with van der Waals surface area (Å²) in [6.07, 6.45) is 0. The van der Waals surface area contributed by atoms with E-state index in [4.69, 9.17) is 5.84 Å². The Bertz CT molecular complexity index is 487. The molecular formula is C12H14FN3S. The van der Waals surface area contributed by atoms with Crippen LogP contribution >= 0.6 is 11.3 Å². The second-order valence-corrected chi connectivity index (χ2v) is 4.71. The summed E-state index contributed by atoms with van der Waals surface area (Å²) in [6, 6.07) is 3.05. The SMILES string of the molecule is Cc1cc(C)c(C(NN)c2cscn2)c(F)c1. The van der Waals surface area contributed by atoms with Gasteiger partial charge in [-0.1, -0.05) is 6.07 Å². The molecule has 2 aromatic rings. The van der Waals surface area contributed by atoms with Crippen LogP contribution in [-0.2, 0) is 0 Å². The van der Waals surface area contributed by atoms with E-state index in [-0.39, 0.29) is 5.82 Å². The molecule has 0 bridgehead atoms. The lowest BCUT2D eigenvalue weighted by atomic mass is 9.97. The van der Waals surface area contributed by atoms with Crippen LogP contribution in [0.25, 0.3) is 0 Å². The number of nitrogens with one attached hydrogen (secondary N) is 1. The third kappa shape index (κ3) is 2.36. The standard InChI is InChI=1S/C12H14FN3S/c1-7-3-8(2)11(9(13)4-7)12(16-14)10-5-17-6-15-10/h3-6,12,16H,14H2,1-2H3. The first-order valence-electron chi connectivity index (χ1n) is 5.24. The summed E-state index contributed by atoms with van der Waals surface area (Å²) in [5.41, 5.74) is 7.41. The summed E-state index contributed by atoms with van der Waals surface area (Å²) in [6.45, 7) is 3.75. The number of hydrogen-bond donors (Lipinski definition) is 2. The van der Waals surface area contributed by atoms with Crippen LogP contribution in [-0.4, -0.2) is 4.98 Å². The van der Waals surface area contributed by atoms with Crippen molar-refractivity contribution in [2.75, 3.05) is 0 Å². The fraction of sp³-hybridized carbons (Fsp3) is 0.250. The third-order valence-electron chi connectivity index (χ3n) is 2.68. The number of rotatable bonds is 3. The molecule has 1 heterocycles. The zero-order chi connectivity index (χ0) is 12.4. The van der Waals surface area contributed by atoms with Crippen LogP contribution in [0, 0.1) is 19.7 Å². The lowest BCUT2D eigenvalue weighted by Crippen LogP contribution is -2.30. The maximum Gasteiger partial charge on any atom is 0.128 e. The third-order valence-corrected chi connectivity index (χ3v) is 3.29. The molecule has 0 amide bonds. The zero-order valence-corrected chi connectivity index (χ0v) is 10.5. The Morgan fingerprint density at radius 1 is 1.41 bits per heavy atom. The molecule has 1 unspecified atom stereocenters. The molecule has 3 nitrogen and oxygen atoms in total. The van der Waals surface area contributed by atoms with Gasteiger partial charge in [-0.2, -0.15) is 0 Å². The molecule has 0 saturated carbocycles. The molecule has 0 aliphatic rings. The molecule has 3 N–H and O–H groups in total.